The summed E-state index contributed by atoms with van der Waals surface area (Å²) in [4.78, 5) is 33.0. The minimum Gasteiger partial charge on any atom is -0.394 e. The van der Waals surface area contributed by atoms with Crippen molar-refractivity contribution < 1.29 is 19.4 Å². The summed E-state index contributed by atoms with van der Waals surface area (Å²) in [6.45, 7) is 5.32. The van der Waals surface area contributed by atoms with Crippen LogP contribution in [-0.2, 0) is 22.7 Å². The van der Waals surface area contributed by atoms with E-state index in [2.05, 4.69) is 15.3 Å². The monoisotopic (exact) mass is 444 g/mol. The Morgan fingerprint density at radius 3 is 2.84 bits per heavy atom. The van der Waals surface area contributed by atoms with Crippen molar-refractivity contribution >= 4 is 11.8 Å². The Labute approximate surface area is 188 Å². The Kier molecular flexibility index (Phi) is 8.29. The van der Waals surface area contributed by atoms with Crippen LogP contribution < -0.4 is 0 Å². The lowest BCUT2D eigenvalue weighted by molar-refractivity contribution is -0.136. The summed E-state index contributed by atoms with van der Waals surface area (Å²) < 4.78 is 7.91. The van der Waals surface area contributed by atoms with Gasteiger partial charge in [0, 0.05) is 57.0 Å². The van der Waals surface area contributed by atoms with Gasteiger partial charge >= 0.3 is 0 Å². The van der Waals surface area contributed by atoms with Gasteiger partial charge in [0.05, 0.1) is 31.6 Å². The Hall–Kier alpha value is -2.85. The van der Waals surface area contributed by atoms with Crippen molar-refractivity contribution in [3.8, 4) is 0 Å². The molecule has 2 bridgehead atoms. The molecule has 174 valence electrons. The number of hydrogen-bond donors (Lipinski definition) is 1. The second kappa shape index (κ2) is 11.1. The van der Waals surface area contributed by atoms with Crippen LogP contribution >= 0.6 is 0 Å². The number of ether oxygens (including phenoxy) is 1. The van der Waals surface area contributed by atoms with E-state index in [-0.39, 0.29) is 43.1 Å². The molecule has 1 aliphatic rings. The number of carbonyl (C=O) groups is 2. The number of aliphatic hydroxyl groups is 1. The molecule has 1 aliphatic heterocycles. The van der Waals surface area contributed by atoms with Crippen LogP contribution in [0.3, 0.4) is 0 Å². The molecule has 10 heteroatoms. The van der Waals surface area contributed by atoms with Crippen LogP contribution in [0, 0.1) is 5.92 Å². The van der Waals surface area contributed by atoms with E-state index in [0.717, 1.165) is 0 Å². The molecule has 0 aliphatic carbocycles. The zero-order valence-corrected chi connectivity index (χ0v) is 18.9. The minimum absolute atomic E-state index is 0.0158. The van der Waals surface area contributed by atoms with Crippen LogP contribution in [0.4, 0.5) is 0 Å². The fourth-order valence-electron chi connectivity index (χ4n) is 3.76. The number of aliphatic hydroxyl groups excluding tert-OH is 1. The zero-order chi connectivity index (χ0) is 23.1. The van der Waals surface area contributed by atoms with E-state index >= 15 is 0 Å². The third-order valence-corrected chi connectivity index (χ3v) is 5.77. The number of aryl methyl sites for hydroxylation is 1. The zero-order valence-electron chi connectivity index (χ0n) is 18.9. The Morgan fingerprint density at radius 1 is 1.38 bits per heavy atom. The van der Waals surface area contributed by atoms with Gasteiger partial charge in [-0.05, 0) is 25.5 Å². The predicted molar refractivity (Wildman–Crippen MR) is 116 cm³/mol. The lowest BCUT2D eigenvalue weighted by Crippen LogP contribution is -2.47. The molecule has 2 aromatic rings. The first-order chi connectivity index (χ1) is 15.4. The molecule has 3 rings (SSSR count). The van der Waals surface area contributed by atoms with Gasteiger partial charge in [0.1, 0.15) is 5.69 Å². The van der Waals surface area contributed by atoms with Gasteiger partial charge in [0.2, 0.25) is 5.91 Å². The molecule has 0 radical (unpaired) electrons. The highest BCUT2D eigenvalue weighted by Crippen LogP contribution is 2.18. The molecule has 0 spiro atoms. The average molecular weight is 445 g/mol. The van der Waals surface area contributed by atoms with Crippen LogP contribution in [0.2, 0.25) is 0 Å². The summed E-state index contributed by atoms with van der Waals surface area (Å²) in [5.41, 5.74) is 1.25. The van der Waals surface area contributed by atoms with Gasteiger partial charge < -0.3 is 19.6 Å². The van der Waals surface area contributed by atoms with Crippen molar-refractivity contribution in [1.29, 1.82) is 0 Å². The molecule has 0 unspecified atom stereocenters. The molecule has 0 aromatic carbocycles. The molecule has 2 aromatic heterocycles. The second-order valence-electron chi connectivity index (χ2n) is 8.40. The standard InChI is InChI=1S/C22H32N6O4/c1-16-11-28(17(2)14-29)21(30)5-4-10-27-12-19(24-25-27)15-32-20(16)13-26(3)22(31)18-6-8-23-9-7-18/h6-9,12,16-17,20,29H,4-5,10-11,13-15H2,1-3H3/t16-,17+,20-/m0/s1. The minimum atomic E-state index is -0.349. The maximum atomic E-state index is 12.9. The van der Waals surface area contributed by atoms with Crippen molar-refractivity contribution in [1.82, 2.24) is 29.8 Å². The lowest BCUT2D eigenvalue weighted by atomic mass is 10.0. The van der Waals surface area contributed by atoms with Crippen molar-refractivity contribution in [2.75, 3.05) is 26.7 Å². The average Bonchev–Trinajstić information content (AvgIpc) is 3.26. The number of nitrogens with zero attached hydrogens (tertiary/aromatic N) is 6. The van der Waals surface area contributed by atoms with Crippen LogP contribution in [0.25, 0.3) is 0 Å². The third-order valence-electron chi connectivity index (χ3n) is 5.77. The highest BCUT2D eigenvalue weighted by Gasteiger charge is 2.29. The second-order valence-corrected chi connectivity index (χ2v) is 8.40. The van der Waals surface area contributed by atoms with Crippen molar-refractivity contribution in [2.45, 2.75) is 52.0 Å². The smallest absolute Gasteiger partial charge is 0.253 e. The van der Waals surface area contributed by atoms with E-state index in [0.29, 0.717) is 43.7 Å². The molecule has 32 heavy (non-hydrogen) atoms. The van der Waals surface area contributed by atoms with Crippen molar-refractivity contribution in [3.63, 3.8) is 0 Å². The predicted octanol–water partition coefficient (Wildman–Crippen LogP) is 0.970. The normalized spacial score (nSPS) is 21.2. The van der Waals surface area contributed by atoms with E-state index in [1.54, 1.807) is 46.1 Å². The molecule has 0 saturated heterocycles. The first-order valence-corrected chi connectivity index (χ1v) is 11.0. The molecule has 3 atom stereocenters. The molecule has 1 N–H and O–H groups in total. The molecular weight excluding hydrogens is 412 g/mol. The Bertz CT molecular complexity index is 890. The first kappa shape index (κ1) is 23.8. The first-order valence-electron chi connectivity index (χ1n) is 11.0. The lowest BCUT2D eigenvalue weighted by Gasteiger charge is -2.35. The summed E-state index contributed by atoms with van der Waals surface area (Å²) in [5.74, 6) is -0.233. The number of aromatic nitrogens is 4. The number of rotatable bonds is 5. The number of hydrogen-bond acceptors (Lipinski definition) is 7. The van der Waals surface area contributed by atoms with Crippen LogP contribution in [0.15, 0.2) is 30.7 Å². The Balaban J connectivity index is 1.80. The summed E-state index contributed by atoms with van der Waals surface area (Å²) in [7, 11) is 1.73. The molecule has 2 amide bonds. The maximum absolute atomic E-state index is 12.9. The molecule has 10 nitrogen and oxygen atoms in total. The highest BCUT2D eigenvalue weighted by atomic mass is 16.5. The SMILES string of the molecule is C[C@H](CO)N1C[C@H](C)[C@H](CN(C)C(=O)c2ccncc2)OCc2cn(nn2)CCCC1=O. The number of amides is 2. The molecule has 0 fully saturated rings. The topological polar surface area (TPSA) is 114 Å². The summed E-state index contributed by atoms with van der Waals surface area (Å²) in [6.07, 6.45) is 5.64. The van der Waals surface area contributed by atoms with Crippen molar-refractivity contribution in [2.24, 2.45) is 5.92 Å². The van der Waals surface area contributed by atoms with Crippen molar-refractivity contribution in [3.05, 3.63) is 42.0 Å². The van der Waals surface area contributed by atoms with Crippen LogP contribution in [0.5, 0.6) is 0 Å². The van der Waals surface area contributed by atoms with Gasteiger partial charge in [0.25, 0.3) is 5.91 Å². The van der Waals surface area contributed by atoms with Gasteiger partial charge in [-0.2, -0.15) is 0 Å². The fraction of sp³-hybridized carbons (Fsp3) is 0.591. The van der Waals surface area contributed by atoms with Gasteiger partial charge in [-0.25, -0.2) is 0 Å². The number of carbonyl (C=O) groups excluding carboxylic acids is 2. The molecule has 0 saturated carbocycles. The third kappa shape index (κ3) is 6.10. The summed E-state index contributed by atoms with van der Waals surface area (Å²) in [6, 6.07) is 3.05. The Morgan fingerprint density at radius 2 is 2.12 bits per heavy atom. The van der Waals surface area contributed by atoms with E-state index < -0.39 is 0 Å². The molecular formula is C22H32N6O4. The van der Waals surface area contributed by atoms with E-state index in [1.165, 1.54) is 0 Å². The maximum Gasteiger partial charge on any atom is 0.253 e. The fourth-order valence-corrected chi connectivity index (χ4v) is 3.76. The van der Waals surface area contributed by atoms with Gasteiger partial charge in [0.15, 0.2) is 0 Å². The van der Waals surface area contributed by atoms with Crippen LogP contribution in [0.1, 0.15) is 42.7 Å². The number of likely N-dealkylation sites (N-methyl/N-ethyl adjacent to an activating group) is 1. The molecule has 3 heterocycles. The van der Waals surface area contributed by atoms with Gasteiger partial charge in [-0.15, -0.1) is 5.10 Å². The number of pyridine rings is 1. The quantitative estimate of drug-likeness (QED) is 0.731. The number of fused-ring (bicyclic) bond motifs is 2. The van der Waals surface area contributed by atoms with Crippen LogP contribution in [-0.4, -0.2) is 85.6 Å². The van der Waals surface area contributed by atoms with Gasteiger partial charge in [-0.3, -0.25) is 19.3 Å². The highest BCUT2D eigenvalue weighted by molar-refractivity contribution is 5.93. The summed E-state index contributed by atoms with van der Waals surface area (Å²) >= 11 is 0. The largest absolute Gasteiger partial charge is 0.394 e. The summed E-state index contributed by atoms with van der Waals surface area (Å²) in [5, 5.41) is 18.0. The van der Waals surface area contributed by atoms with E-state index in [1.807, 2.05) is 20.0 Å². The van der Waals surface area contributed by atoms with Gasteiger partial charge in [-0.1, -0.05) is 12.1 Å². The van der Waals surface area contributed by atoms with E-state index in [9.17, 15) is 14.7 Å². The van der Waals surface area contributed by atoms with E-state index in [4.69, 9.17) is 4.74 Å².